The van der Waals surface area contributed by atoms with Gasteiger partial charge in [-0.15, -0.1) is 11.3 Å². The van der Waals surface area contributed by atoms with E-state index in [0.29, 0.717) is 23.6 Å². The quantitative estimate of drug-likeness (QED) is 0.916. The molecule has 2 rings (SSSR count). The Kier molecular flexibility index (Phi) is 3.38. The molecule has 1 amide bonds. The summed E-state index contributed by atoms with van der Waals surface area (Å²) in [7, 11) is 3.50. The van der Waals surface area contributed by atoms with E-state index >= 15 is 0 Å². The third-order valence-corrected chi connectivity index (χ3v) is 3.65. The van der Waals surface area contributed by atoms with Crippen LogP contribution < -0.4 is 5.73 Å². The Morgan fingerprint density at radius 2 is 2.33 bits per heavy atom. The van der Waals surface area contributed by atoms with Gasteiger partial charge in [-0.25, -0.2) is 0 Å². The summed E-state index contributed by atoms with van der Waals surface area (Å²) in [6.07, 6.45) is 0. The number of hydrogen-bond donors (Lipinski definition) is 1. The van der Waals surface area contributed by atoms with Gasteiger partial charge >= 0.3 is 0 Å². The summed E-state index contributed by atoms with van der Waals surface area (Å²) in [6.45, 7) is 2.38. The average Bonchev–Trinajstić information content (AvgIpc) is 2.88. The molecule has 0 saturated carbocycles. The summed E-state index contributed by atoms with van der Waals surface area (Å²) in [5, 5.41) is 6.15. The Balaban J connectivity index is 2.20. The molecule has 2 aromatic heterocycles. The van der Waals surface area contributed by atoms with E-state index in [1.54, 1.807) is 37.3 Å². The number of carbonyl (C=O) groups is 1. The number of rotatable bonds is 3. The zero-order valence-electron chi connectivity index (χ0n) is 10.7. The SMILES string of the molecule is Cc1nn(C)c(C(=O)N(C)Cc2cccs2)c1N. The molecule has 0 spiro atoms. The van der Waals surface area contributed by atoms with E-state index in [1.807, 2.05) is 17.5 Å². The fourth-order valence-electron chi connectivity index (χ4n) is 1.82. The summed E-state index contributed by atoms with van der Waals surface area (Å²) < 4.78 is 1.54. The predicted molar refractivity (Wildman–Crippen MR) is 72.5 cm³/mol. The largest absolute Gasteiger partial charge is 0.395 e. The third-order valence-electron chi connectivity index (χ3n) is 2.79. The maximum atomic E-state index is 12.3. The highest BCUT2D eigenvalue weighted by molar-refractivity contribution is 7.09. The summed E-state index contributed by atoms with van der Waals surface area (Å²) in [6, 6.07) is 3.98. The van der Waals surface area contributed by atoms with Gasteiger partial charge in [0.15, 0.2) is 0 Å². The zero-order chi connectivity index (χ0) is 13.3. The van der Waals surface area contributed by atoms with Gasteiger partial charge in [-0.05, 0) is 18.4 Å². The van der Waals surface area contributed by atoms with Gasteiger partial charge in [-0.1, -0.05) is 6.07 Å². The Labute approximate surface area is 110 Å². The number of aryl methyl sites for hydroxylation is 2. The highest BCUT2D eigenvalue weighted by atomic mass is 32.1. The van der Waals surface area contributed by atoms with Crippen LogP contribution in [-0.4, -0.2) is 27.6 Å². The van der Waals surface area contributed by atoms with Crippen molar-refractivity contribution in [3.63, 3.8) is 0 Å². The maximum Gasteiger partial charge on any atom is 0.274 e. The highest BCUT2D eigenvalue weighted by Crippen LogP contribution is 2.18. The molecular weight excluding hydrogens is 248 g/mol. The molecule has 2 heterocycles. The number of aromatic nitrogens is 2. The Morgan fingerprint density at radius 1 is 1.61 bits per heavy atom. The molecule has 18 heavy (non-hydrogen) atoms. The Hall–Kier alpha value is -1.82. The lowest BCUT2D eigenvalue weighted by molar-refractivity contribution is 0.0776. The van der Waals surface area contributed by atoms with Crippen molar-refractivity contribution in [3.05, 3.63) is 33.8 Å². The minimum Gasteiger partial charge on any atom is -0.395 e. The molecule has 0 aliphatic rings. The van der Waals surface area contributed by atoms with E-state index < -0.39 is 0 Å². The van der Waals surface area contributed by atoms with E-state index in [1.165, 1.54) is 4.68 Å². The molecule has 5 nitrogen and oxygen atoms in total. The van der Waals surface area contributed by atoms with Crippen LogP contribution in [-0.2, 0) is 13.6 Å². The van der Waals surface area contributed by atoms with Gasteiger partial charge in [-0.2, -0.15) is 5.10 Å². The van der Waals surface area contributed by atoms with Gasteiger partial charge < -0.3 is 10.6 Å². The van der Waals surface area contributed by atoms with Crippen molar-refractivity contribution < 1.29 is 4.79 Å². The molecule has 0 radical (unpaired) electrons. The van der Waals surface area contributed by atoms with Gasteiger partial charge in [0, 0.05) is 19.0 Å². The van der Waals surface area contributed by atoms with Crippen molar-refractivity contribution in [2.24, 2.45) is 7.05 Å². The topological polar surface area (TPSA) is 64.2 Å². The number of anilines is 1. The van der Waals surface area contributed by atoms with Crippen LogP contribution in [0.2, 0.25) is 0 Å². The second-order valence-electron chi connectivity index (χ2n) is 4.21. The summed E-state index contributed by atoms with van der Waals surface area (Å²) in [4.78, 5) is 15.1. The fourth-order valence-corrected chi connectivity index (χ4v) is 2.57. The molecule has 2 N–H and O–H groups in total. The number of nitrogens with two attached hydrogens (primary N) is 1. The van der Waals surface area contributed by atoms with Crippen LogP contribution in [0.3, 0.4) is 0 Å². The van der Waals surface area contributed by atoms with Gasteiger partial charge in [-0.3, -0.25) is 9.48 Å². The Bertz CT molecular complexity index is 559. The first-order valence-corrected chi connectivity index (χ1v) is 6.45. The van der Waals surface area contributed by atoms with Crippen molar-refractivity contribution in [2.75, 3.05) is 12.8 Å². The average molecular weight is 264 g/mol. The summed E-state index contributed by atoms with van der Waals surface area (Å²) in [5.41, 5.74) is 7.48. The molecule has 2 aromatic rings. The lowest BCUT2D eigenvalue weighted by atomic mass is 10.2. The van der Waals surface area contributed by atoms with E-state index in [-0.39, 0.29) is 5.91 Å². The number of thiophene rings is 1. The van der Waals surface area contributed by atoms with Crippen LogP contribution in [0.15, 0.2) is 17.5 Å². The molecule has 96 valence electrons. The standard InChI is InChI=1S/C12H16N4OS/c1-8-10(13)11(16(3)14-8)12(17)15(2)7-9-5-4-6-18-9/h4-6H,7,13H2,1-3H3. The summed E-state index contributed by atoms with van der Waals surface area (Å²) >= 11 is 1.63. The fraction of sp³-hybridized carbons (Fsp3) is 0.333. The second kappa shape index (κ2) is 4.81. The number of nitrogens with zero attached hydrogens (tertiary/aromatic N) is 3. The molecule has 0 aromatic carbocycles. The number of hydrogen-bond acceptors (Lipinski definition) is 4. The molecule has 0 fully saturated rings. The number of carbonyl (C=O) groups excluding carboxylic acids is 1. The van der Waals surface area contributed by atoms with E-state index in [0.717, 1.165) is 4.88 Å². The van der Waals surface area contributed by atoms with Gasteiger partial charge in [0.25, 0.3) is 5.91 Å². The second-order valence-corrected chi connectivity index (χ2v) is 5.24. The predicted octanol–water partition coefficient (Wildman–Crippen LogP) is 1.64. The smallest absolute Gasteiger partial charge is 0.274 e. The van der Waals surface area contributed by atoms with Gasteiger partial charge in [0.2, 0.25) is 0 Å². The molecule has 6 heteroatoms. The van der Waals surface area contributed by atoms with Crippen molar-refractivity contribution in [3.8, 4) is 0 Å². The number of amides is 1. The van der Waals surface area contributed by atoms with Gasteiger partial charge in [0.1, 0.15) is 5.69 Å². The lowest BCUT2D eigenvalue weighted by Gasteiger charge is -2.16. The first-order chi connectivity index (χ1) is 8.50. The number of nitrogen functional groups attached to an aromatic ring is 1. The molecule has 0 atom stereocenters. The van der Waals surface area contributed by atoms with Crippen LogP contribution in [0.5, 0.6) is 0 Å². The molecular formula is C12H16N4OS. The van der Waals surface area contributed by atoms with Crippen LogP contribution in [0.1, 0.15) is 21.1 Å². The highest BCUT2D eigenvalue weighted by Gasteiger charge is 2.21. The van der Waals surface area contributed by atoms with Crippen LogP contribution >= 0.6 is 11.3 Å². The maximum absolute atomic E-state index is 12.3. The molecule has 0 bridgehead atoms. The lowest BCUT2D eigenvalue weighted by Crippen LogP contribution is -2.28. The monoisotopic (exact) mass is 264 g/mol. The van der Waals surface area contributed by atoms with E-state index in [4.69, 9.17) is 5.73 Å². The molecule has 0 unspecified atom stereocenters. The molecule has 0 saturated heterocycles. The van der Waals surface area contributed by atoms with Crippen molar-refractivity contribution in [2.45, 2.75) is 13.5 Å². The zero-order valence-corrected chi connectivity index (χ0v) is 11.5. The minimum atomic E-state index is -0.107. The van der Waals surface area contributed by atoms with Crippen LogP contribution in [0.4, 0.5) is 5.69 Å². The van der Waals surface area contributed by atoms with E-state index in [9.17, 15) is 4.79 Å². The first kappa shape index (κ1) is 12.6. The van der Waals surface area contributed by atoms with Crippen LogP contribution in [0.25, 0.3) is 0 Å². The van der Waals surface area contributed by atoms with Crippen molar-refractivity contribution in [1.29, 1.82) is 0 Å². The van der Waals surface area contributed by atoms with Crippen LogP contribution in [0, 0.1) is 6.92 Å². The normalized spacial score (nSPS) is 10.6. The third kappa shape index (κ3) is 2.24. The summed E-state index contributed by atoms with van der Waals surface area (Å²) in [5.74, 6) is -0.107. The van der Waals surface area contributed by atoms with Gasteiger partial charge in [0.05, 0.1) is 17.9 Å². The van der Waals surface area contributed by atoms with E-state index in [2.05, 4.69) is 5.10 Å². The van der Waals surface area contributed by atoms with Crippen molar-refractivity contribution >= 4 is 22.9 Å². The minimum absolute atomic E-state index is 0.107. The molecule has 0 aliphatic carbocycles. The molecule has 0 aliphatic heterocycles. The first-order valence-electron chi connectivity index (χ1n) is 5.57. The Morgan fingerprint density at radius 3 is 2.83 bits per heavy atom. The van der Waals surface area contributed by atoms with Crippen molar-refractivity contribution in [1.82, 2.24) is 14.7 Å².